The summed E-state index contributed by atoms with van der Waals surface area (Å²) in [5.41, 5.74) is 0. The lowest BCUT2D eigenvalue weighted by Crippen LogP contribution is -2.55. The Morgan fingerprint density at radius 2 is 1.29 bits per heavy atom. The van der Waals surface area contributed by atoms with Crippen molar-refractivity contribution in [2.24, 2.45) is 35.5 Å². The molecular weight excluding hydrogens is 293 g/mol. The van der Waals surface area contributed by atoms with E-state index in [2.05, 4.69) is 26.2 Å². The lowest BCUT2D eigenvalue weighted by molar-refractivity contribution is -0.298. The first-order chi connectivity index (χ1) is 9.44. The molecule has 0 radical (unpaired) electrons. The lowest BCUT2D eigenvalue weighted by atomic mass is 9.68. The fourth-order valence-electron chi connectivity index (χ4n) is 5.47. The van der Waals surface area contributed by atoms with Crippen LogP contribution in [0.3, 0.4) is 0 Å². The maximum absolute atomic E-state index is 13.9. The minimum atomic E-state index is -3.51. The Bertz CT molecular complexity index is 394. The second-order valence-corrected chi connectivity index (χ2v) is 15.2. The van der Waals surface area contributed by atoms with E-state index in [4.69, 9.17) is 0 Å². The first-order valence-corrected chi connectivity index (χ1v) is 12.2. The Kier molecular flexibility index (Phi) is 3.39. The van der Waals surface area contributed by atoms with Gasteiger partial charge in [0.15, 0.2) is 0 Å². The highest BCUT2D eigenvalue weighted by Crippen LogP contribution is 2.73. The number of rotatable bonds is 0. The second kappa shape index (κ2) is 4.50. The summed E-state index contributed by atoms with van der Waals surface area (Å²) in [4.78, 5) is 0. The number of hydrogen-bond donors (Lipinski definition) is 1. The molecule has 4 aliphatic carbocycles. The largest absolute Gasteiger partial charge is 0.357 e. The summed E-state index contributed by atoms with van der Waals surface area (Å²) < 4.78 is 41.4. The van der Waals surface area contributed by atoms with Crippen LogP contribution < -0.4 is 0 Å². The zero-order chi connectivity index (χ0) is 15.8. The highest BCUT2D eigenvalue weighted by molar-refractivity contribution is 6.74. The summed E-state index contributed by atoms with van der Waals surface area (Å²) in [7, 11) is -0.611. The lowest BCUT2D eigenvalue weighted by Gasteiger charge is -2.43. The zero-order valence-corrected chi connectivity index (χ0v) is 14.4. The molecule has 4 rings (SSSR count). The van der Waals surface area contributed by atoms with Gasteiger partial charge in [-0.15, -0.1) is 0 Å². The van der Waals surface area contributed by atoms with Crippen molar-refractivity contribution in [3.63, 3.8) is 0 Å². The van der Waals surface area contributed by atoms with E-state index in [1.165, 1.54) is 0 Å². The highest BCUT2D eigenvalue weighted by atomic mass is 28.3. The number of aliphatic hydroxyl groups is 1. The Morgan fingerprint density at radius 1 is 0.857 bits per heavy atom. The average molecular weight is 320 g/mol. The molecule has 1 nitrogen and oxygen atoms in total. The third kappa shape index (κ3) is 2.21. The molecule has 0 aromatic carbocycles. The van der Waals surface area contributed by atoms with E-state index in [0.29, 0.717) is 11.8 Å². The Balaban J connectivity index is 0.000000233. The Hall–Kier alpha value is -0.0331. The monoisotopic (exact) mass is 320 g/mol. The van der Waals surface area contributed by atoms with Crippen molar-refractivity contribution in [1.82, 2.24) is 0 Å². The molecule has 7 atom stereocenters. The van der Waals surface area contributed by atoms with Gasteiger partial charge in [-0.3, -0.25) is 0 Å². The number of hydrogen-bond acceptors (Lipinski definition) is 1. The van der Waals surface area contributed by atoms with Gasteiger partial charge in [0.25, 0.3) is 5.85 Å². The number of halogens is 3. The second-order valence-electron chi connectivity index (χ2n) is 9.23. The van der Waals surface area contributed by atoms with Crippen molar-refractivity contribution in [3.05, 3.63) is 0 Å². The molecule has 122 valence electrons. The fraction of sp³-hybridized carbons (Fsp3) is 1.00. The Labute approximate surface area is 126 Å². The summed E-state index contributed by atoms with van der Waals surface area (Å²) in [5, 5.41) is 9.47. The predicted octanol–water partition coefficient (Wildman–Crippen LogP) is 4.55. The first kappa shape index (κ1) is 15.8. The van der Waals surface area contributed by atoms with Crippen molar-refractivity contribution in [2.45, 2.75) is 63.6 Å². The van der Waals surface area contributed by atoms with Crippen LogP contribution in [-0.2, 0) is 0 Å². The van der Waals surface area contributed by atoms with Gasteiger partial charge in [-0.2, -0.15) is 8.78 Å². The predicted molar refractivity (Wildman–Crippen MR) is 79.6 cm³/mol. The van der Waals surface area contributed by atoms with Gasteiger partial charge in [0.2, 0.25) is 0 Å². The van der Waals surface area contributed by atoms with Crippen LogP contribution >= 0.6 is 0 Å². The molecule has 0 aromatic heterocycles. The molecule has 4 bridgehead atoms. The van der Waals surface area contributed by atoms with E-state index in [1.807, 2.05) is 0 Å². The topological polar surface area (TPSA) is 20.2 Å². The van der Waals surface area contributed by atoms with Crippen LogP contribution in [-0.4, -0.2) is 25.0 Å². The molecule has 1 N–H and O–H groups in total. The third-order valence-electron chi connectivity index (χ3n) is 5.91. The molecule has 0 spiro atoms. The number of alkyl halides is 3. The first-order valence-electron chi connectivity index (χ1n) is 8.23. The molecule has 4 fully saturated rings. The molecule has 4 saturated carbocycles. The summed E-state index contributed by atoms with van der Waals surface area (Å²) in [6.45, 7) is 9.31. The quantitative estimate of drug-likeness (QED) is 0.513. The van der Waals surface area contributed by atoms with Gasteiger partial charge in [-0.05, 0) is 49.4 Å². The summed E-state index contributed by atoms with van der Waals surface area (Å²) in [6.07, 6.45) is 3.28. The van der Waals surface area contributed by atoms with E-state index in [-0.39, 0.29) is 18.3 Å². The van der Waals surface area contributed by atoms with E-state index in [1.54, 1.807) is 0 Å². The molecule has 0 amide bonds. The zero-order valence-electron chi connectivity index (χ0n) is 13.4. The third-order valence-corrected chi connectivity index (χ3v) is 5.91. The van der Waals surface area contributed by atoms with E-state index < -0.39 is 31.7 Å². The Morgan fingerprint density at radius 3 is 1.76 bits per heavy atom. The molecule has 0 aliphatic heterocycles. The maximum atomic E-state index is 13.9. The van der Waals surface area contributed by atoms with Gasteiger partial charge in [0.1, 0.15) is 0 Å². The van der Waals surface area contributed by atoms with Crippen LogP contribution in [0.15, 0.2) is 0 Å². The van der Waals surface area contributed by atoms with Gasteiger partial charge >= 0.3 is 5.92 Å². The maximum Gasteiger partial charge on any atom is 0.308 e. The fourth-order valence-corrected chi connectivity index (χ4v) is 5.47. The molecule has 7 unspecified atom stereocenters. The van der Waals surface area contributed by atoms with Crippen molar-refractivity contribution in [1.29, 1.82) is 0 Å². The highest BCUT2D eigenvalue weighted by Gasteiger charge is 2.80. The standard InChI is InChI=1S/C12H15F3O.C4H12Si/c13-11(14)7-4-8(12(11,15)16)10-6-2-1-5(3-6)9(7)10;1-5(2,3)4/h5-10,16H,1-4H2;1-4H3. The van der Waals surface area contributed by atoms with Crippen molar-refractivity contribution < 1.29 is 18.3 Å². The van der Waals surface area contributed by atoms with Crippen LogP contribution in [0.5, 0.6) is 0 Å². The average Bonchev–Trinajstić information content (AvgIpc) is 2.99. The van der Waals surface area contributed by atoms with Crippen LogP contribution in [0.1, 0.15) is 25.7 Å². The van der Waals surface area contributed by atoms with Crippen molar-refractivity contribution >= 4 is 8.07 Å². The summed E-state index contributed by atoms with van der Waals surface area (Å²) in [6, 6.07) is 0. The van der Waals surface area contributed by atoms with Gasteiger partial charge in [-0.1, -0.05) is 26.2 Å². The van der Waals surface area contributed by atoms with Crippen LogP contribution in [0.25, 0.3) is 0 Å². The van der Waals surface area contributed by atoms with Gasteiger partial charge in [0.05, 0.1) is 0 Å². The SMILES string of the molecule is C[Si](C)(C)C.OC1(F)C2CC(C3C4CCC(C4)C32)C1(F)F. The van der Waals surface area contributed by atoms with Crippen molar-refractivity contribution in [2.75, 3.05) is 0 Å². The van der Waals surface area contributed by atoms with E-state index in [9.17, 15) is 18.3 Å². The van der Waals surface area contributed by atoms with Crippen LogP contribution in [0.4, 0.5) is 13.2 Å². The smallest absolute Gasteiger partial charge is 0.308 e. The van der Waals surface area contributed by atoms with Crippen LogP contribution in [0, 0.1) is 35.5 Å². The van der Waals surface area contributed by atoms with Crippen LogP contribution in [0.2, 0.25) is 26.2 Å². The van der Waals surface area contributed by atoms with E-state index in [0.717, 1.165) is 19.3 Å². The van der Waals surface area contributed by atoms with Crippen molar-refractivity contribution in [3.8, 4) is 0 Å². The van der Waals surface area contributed by atoms with Gasteiger partial charge in [-0.25, -0.2) is 4.39 Å². The minimum Gasteiger partial charge on any atom is -0.357 e. The van der Waals surface area contributed by atoms with Gasteiger partial charge < -0.3 is 5.11 Å². The molecule has 4 aliphatic rings. The number of fused-ring (bicyclic) bond motifs is 9. The molecule has 0 saturated heterocycles. The van der Waals surface area contributed by atoms with E-state index >= 15 is 0 Å². The molecule has 5 heteroatoms. The molecule has 0 heterocycles. The molecular formula is C16H27F3OSi. The molecule has 0 aromatic rings. The normalized spacial score (nSPS) is 52.6. The summed E-state index contributed by atoms with van der Waals surface area (Å²) >= 11 is 0. The molecule has 21 heavy (non-hydrogen) atoms. The van der Waals surface area contributed by atoms with Gasteiger partial charge in [0, 0.05) is 19.9 Å². The minimum absolute atomic E-state index is 0.00484. The summed E-state index contributed by atoms with van der Waals surface area (Å²) in [5.74, 6) is -7.61.